The van der Waals surface area contributed by atoms with E-state index in [9.17, 15) is 27.6 Å². The maximum atomic E-state index is 13.4. The van der Waals surface area contributed by atoms with Crippen LogP contribution in [0.2, 0.25) is 0 Å². The lowest BCUT2D eigenvalue weighted by Gasteiger charge is -2.15. The van der Waals surface area contributed by atoms with Crippen molar-refractivity contribution in [3.8, 4) is 0 Å². The van der Waals surface area contributed by atoms with Gasteiger partial charge in [0.15, 0.2) is 0 Å². The van der Waals surface area contributed by atoms with Gasteiger partial charge in [0.25, 0.3) is 0 Å². The first-order valence-electron chi connectivity index (χ1n) is 15.2. The number of rotatable bonds is 16. The number of anilines is 2. The number of carbonyl (C=O) groups excluding carboxylic acids is 4. The Morgan fingerprint density at radius 2 is 1.02 bits per heavy atom. The van der Waals surface area contributed by atoms with Crippen molar-refractivity contribution >= 4 is 44.8 Å². The molecule has 0 aliphatic carbocycles. The second-order valence-electron chi connectivity index (χ2n) is 10.7. The smallest absolute Gasteiger partial charge is 0.313 e. The number of carbonyl (C=O) groups is 4. The van der Waals surface area contributed by atoms with Gasteiger partial charge in [-0.25, -0.2) is 8.42 Å². The van der Waals surface area contributed by atoms with Gasteiger partial charge in [-0.1, -0.05) is 78.4 Å². The average molecular weight is 615 g/mol. The van der Waals surface area contributed by atoms with Gasteiger partial charge in [0, 0.05) is 24.5 Å². The van der Waals surface area contributed by atoms with Crippen LogP contribution in [0.1, 0.15) is 79.1 Å². The summed E-state index contributed by atoms with van der Waals surface area (Å²) in [7, 11) is -4.07. The molecule has 2 aromatic carbocycles. The Morgan fingerprint density at radius 3 is 1.37 bits per heavy atom. The molecule has 0 heterocycles. The van der Waals surface area contributed by atoms with Crippen LogP contribution in [0.4, 0.5) is 11.4 Å². The van der Waals surface area contributed by atoms with E-state index < -0.39 is 33.5 Å². The van der Waals surface area contributed by atoms with Crippen LogP contribution >= 0.6 is 0 Å². The standard InChI is InChI=1S/C32H46N4O6S/c1-5-9-13-23(7-3)21-33-29(37)31(39)35-25-15-11-17-27(19-25)43(41,42)28-18-12-16-26(20-28)36-32(40)30(38)34-22-24(8-4)14-10-6-2/h11-12,15-20,23-24H,5-10,13-14,21-22H2,1-4H3,(H,33,37)(H,34,38)(H,35,39)(H,36,40). The minimum Gasteiger partial charge on any atom is -0.348 e. The van der Waals surface area contributed by atoms with Gasteiger partial charge in [-0.2, -0.15) is 0 Å². The first kappa shape index (κ1) is 35.5. The molecule has 2 rings (SSSR count). The van der Waals surface area contributed by atoms with Crippen LogP contribution in [0.15, 0.2) is 58.3 Å². The molecule has 43 heavy (non-hydrogen) atoms. The van der Waals surface area contributed by atoms with Gasteiger partial charge in [0.05, 0.1) is 9.79 Å². The lowest BCUT2D eigenvalue weighted by atomic mass is 9.99. The molecule has 0 aliphatic heterocycles. The molecular formula is C32H46N4O6S. The minimum absolute atomic E-state index is 0.116. The van der Waals surface area contributed by atoms with E-state index >= 15 is 0 Å². The van der Waals surface area contributed by atoms with E-state index in [1.54, 1.807) is 0 Å². The first-order chi connectivity index (χ1) is 20.5. The third-order valence-electron chi connectivity index (χ3n) is 7.41. The molecule has 0 saturated heterocycles. The highest BCUT2D eigenvalue weighted by Crippen LogP contribution is 2.25. The molecule has 4 amide bonds. The Kier molecular flexibility index (Phi) is 14.9. The predicted octanol–water partition coefficient (Wildman–Crippen LogP) is 5.06. The second kappa shape index (κ2) is 18.0. The Labute approximate surface area is 255 Å². The van der Waals surface area contributed by atoms with Crippen molar-refractivity contribution in [2.24, 2.45) is 11.8 Å². The summed E-state index contributed by atoms with van der Waals surface area (Å²) < 4.78 is 26.8. The predicted molar refractivity (Wildman–Crippen MR) is 168 cm³/mol. The highest BCUT2D eigenvalue weighted by Gasteiger charge is 2.22. The molecule has 4 N–H and O–H groups in total. The Balaban J connectivity index is 2.05. The van der Waals surface area contributed by atoms with Crippen molar-refractivity contribution in [3.05, 3.63) is 48.5 Å². The van der Waals surface area contributed by atoms with Crippen molar-refractivity contribution in [1.29, 1.82) is 0 Å². The van der Waals surface area contributed by atoms with E-state index in [1.165, 1.54) is 48.5 Å². The van der Waals surface area contributed by atoms with Crippen LogP contribution in [0, 0.1) is 11.8 Å². The zero-order valence-corrected chi connectivity index (χ0v) is 26.5. The molecule has 0 aliphatic rings. The van der Waals surface area contributed by atoms with Gasteiger partial charge in [0.1, 0.15) is 0 Å². The largest absolute Gasteiger partial charge is 0.348 e. The lowest BCUT2D eigenvalue weighted by molar-refractivity contribution is -0.136. The van der Waals surface area contributed by atoms with Gasteiger partial charge in [-0.05, 0) is 61.1 Å². The maximum absolute atomic E-state index is 13.4. The van der Waals surface area contributed by atoms with Crippen molar-refractivity contribution < 1.29 is 27.6 Å². The summed E-state index contributed by atoms with van der Waals surface area (Å²) in [6.45, 7) is 9.06. The van der Waals surface area contributed by atoms with Gasteiger partial charge in [-0.3, -0.25) is 19.2 Å². The van der Waals surface area contributed by atoms with E-state index in [-0.39, 0.29) is 33.0 Å². The molecule has 0 saturated carbocycles. The molecule has 236 valence electrons. The van der Waals surface area contributed by atoms with E-state index in [1.807, 2.05) is 13.8 Å². The van der Waals surface area contributed by atoms with Crippen LogP contribution in [0.5, 0.6) is 0 Å². The SMILES string of the molecule is CCCCC(CC)CNC(=O)C(=O)Nc1cccc(S(=O)(=O)c2cccc(NC(=O)C(=O)NCC(CC)CCCC)c2)c1. The Hall–Kier alpha value is -3.73. The fraction of sp³-hybridized carbons (Fsp3) is 0.500. The molecule has 2 aromatic rings. The van der Waals surface area contributed by atoms with Crippen LogP contribution in [-0.2, 0) is 29.0 Å². The summed E-state index contributed by atoms with van der Waals surface area (Å²) in [6.07, 6.45) is 7.90. The Morgan fingerprint density at radius 1 is 0.628 bits per heavy atom. The molecule has 0 aromatic heterocycles. The van der Waals surface area contributed by atoms with Crippen LogP contribution in [-0.4, -0.2) is 45.1 Å². The van der Waals surface area contributed by atoms with Gasteiger partial charge >= 0.3 is 23.6 Å². The van der Waals surface area contributed by atoms with Crippen LogP contribution in [0.3, 0.4) is 0 Å². The molecule has 2 atom stereocenters. The summed E-state index contributed by atoms with van der Waals surface area (Å²) in [6, 6.07) is 11.1. The topological polar surface area (TPSA) is 151 Å². The highest BCUT2D eigenvalue weighted by molar-refractivity contribution is 7.91. The fourth-order valence-electron chi connectivity index (χ4n) is 4.52. The third kappa shape index (κ3) is 11.5. The summed E-state index contributed by atoms with van der Waals surface area (Å²) in [5, 5.41) is 10.2. The third-order valence-corrected chi connectivity index (χ3v) is 9.16. The summed E-state index contributed by atoms with van der Waals surface area (Å²) >= 11 is 0. The average Bonchev–Trinajstić information content (AvgIpc) is 3.01. The molecule has 10 nitrogen and oxygen atoms in total. The molecule has 0 bridgehead atoms. The van der Waals surface area contributed by atoms with E-state index in [2.05, 4.69) is 35.1 Å². The van der Waals surface area contributed by atoms with Gasteiger partial charge in [-0.15, -0.1) is 0 Å². The first-order valence-corrected chi connectivity index (χ1v) is 16.7. The molecular weight excluding hydrogens is 568 g/mol. The summed E-state index contributed by atoms with van der Waals surface area (Å²) in [4.78, 5) is 49.4. The second-order valence-corrected chi connectivity index (χ2v) is 12.7. The minimum atomic E-state index is -4.07. The fourth-order valence-corrected chi connectivity index (χ4v) is 5.87. The number of sulfone groups is 1. The number of hydrogen-bond donors (Lipinski definition) is 4. The monoisotopic (exact) mass is 614 g/mol. The summed E-state index contributed by atoms with van der Waals surface area (Å²) in [5.74, 6) is -2.80. The van der Waals surface area contributed by atoms with Crippen LogP contribution in [0.25, 0.3) is 0 Å². The maximum Gasteiger partial charge on any atom is 0.313 e. The number of nitrogens with one attached hydrogen (secondary N) is 4. The number of benzene rings is 2. The zero-order valence-electron chi connectivity index (χ0n) is 25.7. The van der Waals surface area contributed by atoms with Gasteiger partial charge < -0.3 is 21.3 Å². The van der Waals surface area contributed by atoms with Crippen LogP contribution < -0.4 is 21.3 Å². The van der Waals surface area contributed by atoms with Crippen molar-refractivity contribution in [2.45, 2.75) is 88.9 Å². The van der Waals surface area contributed by atoms with Crippen molar-refractivity contribution in [1.82, 2.24) is 10.6 Å². The highest BCUT2D eigenvalue weighted by atomic mass is 32.2. The van der Waals surface area contributed by atoms with Gasteiger partial charge in [0.2, 0.25) is 9.84 Å². The lowest BCUT2D eigenvalue weighted by Crippen LogP contribution is -2.38. The van der Waals surface area contributed by atoms with Crippen molar-refractivity contribution in [3.63, 3.8) is 0 Å². The van der Waals surface area contributed by atoms with Crippen molar-refractivity contribution in [2.75, 3.05) is 23.7 Å². The quantitative estimate of drug-likeness (QED) is 0.194. The Bertz CT molecular complexity index is 1250. The number of hydrogen-bond acceptors (Lipinski definition) is 6. The van der Waals surface area contributed by atoms with E-state index in [4.69, 9.17) is 0 Å². The molecule has 0 fully saturated rings. The number of unbranched alkanes of at least 4 members (excludes halogenated alkanes) is 2. The molecule has 0 spiro atoms. The molecule has 0 radical (unpaired) electrons. The normalized spacial score (nSPS) is 12.6. The molecule has 11 heteroatoms. The van der Waals surface area contributed by atoms with E-state index in [0.29, 0.717) is 13.1 Å². The summed E-state index contributed by atoms with van der Waals surface area (Å²) in [5.41, 5.74) is 0.286. The zero-order chi connectivity index (χ0) is 31.8. The number of amides is 4. The van der Waals surface area contributed by atoms with E-state index in [0.717, 1.165) is 51.4 Å². The molecule has 2 unspecified atom stereocenters.